The minimum absolute atomic E-state index is 0.127. The molecule has 0 aliphatic carbocycles. The summed E-state index contributed by atoms with van der Waals surface area (Å²) in [6, 6.07) is 8.75. The van der Waals surface area contributed by atoms with E-state index in [2.05, 4.69) is 6.07 Å². The lowest BCUT2D eigenvalue weighted by Gasteiger charge is -2.24. The molecule has 1 unspecified atom stereocenters. The van der Waals surface area contributed by atoms with Crippen LogP contribution >= 0.6 is 0 Å². The summed E-state index contributed by atoms with van der Waals surface area (Å²) in [5.74, 6) is 0.127. The Morgan fingerprint density at radius 2 is 2.06 bits per heavy atom. The van der Waals surface area contributed by atoms with Gasteiger partial charge in [-0.05, 0) is 17.5 Å². The molecule has 1 aromatic rings. The summed E-state index contributed by atoms with van der Waals surface area (Å²) < 4.78 is 0. The summed E-state index contributed by atoms with van der Waals surface area (Å²) in [5.41, 5.74) is 7.25. The Bertz CT molecular complexity index is 384. The summed E-state index contributed by atoms with van der Waals surface area (Å²) in [6.07, 6.45) is 0.253. The first-order valence-electron chi connectivity index (χ1n) is 5.54. The van der Waals surface area contributed by atoms with Crippen LogP contribution in [0.15, 0.2) is 24.3 Å². The third kappa shape index (κ3) is 2.60. The summed E-state index contributed by atoms with van der Waals surface area (Å²) in [4.78, 5) is 0. The molecule has 0 aromatic heterocycles. The van der Waals surface area contributed by atoms with E-state index in [1.54, 1.807) is 18.2 Å². The minimum atomic E-state index is -0.612. The van der Waals surface area contributed by atoms with Crippen LogP contribution in [-0.2, 0) is 0 Å². The van der Waals surface area contributed by atoms with Crippen LogP contribution in [0.1, 0.15) is 37.4 Å². The van der Waals surface area contributed by atoms with Gasteiger partial charge in [-0.15, -0.1) is 0 Å². The highest BCUT2D eigenvalue weighted by atomic mass is 16.3. The van der Waals surface area contributed by atoms with E-state index in [4.69, 9.17) is 11.0 Å². The van der Waals surface area contributed by atoms with Crippen LogP contribution in [0.5, 0.6) is 0 Å². The van der Waals surface area contributed by atoms with Crippen molar-refractivity contribution in [3.63, 3.8) is 0 Å². The molecule has 1 aromatic carbocycles. The molecular formula is C13H18N2O. The first-order chi connectivity index (χ1) is 7.61. The monoisotopic (exact) mass is 218 g/mol. The van der Waals surface area contributed by atoms with Gasteiger partial charge < -0.3 is 10.8 Å². The van der Waals surface area contributed by atoms with Crippen LogP contribution in [0.3, 0.4) is 0 Å². The highest BCUT2D eigenvalue weighted by molar-refractivity contribution is 5.39. The number of nitrogens with two attached hydrogens (primary N) is 1. The van der Waals surface area contributed by atoms with Gasteiger partial charge in [0.1, 0.15) is 0 Å². The van der Waals surface area contributed by atoms with Crippen molar-refractivity contribution in [2.75, 3.05) is 0 Å². The van der Waals surface area contributed by atoms with Crippen LogP contribution in [0.25, 0.3) is 0 Å². The van der Waals surface area contributed by atoms with Gasteiger partial charge in [0, 0.05) is 0 Å². The summed E-state index contributed by atoms with van der Waals surface area (Å²) in [6.45, 7) is 3.97. The number of hydrogen-bond donors (Lipinski definition) is 2. The van der Waals surface area contributed by atoms with Gasteiger partial charge >= 0.3 is 0 Å². The topological polar surface area (TPSA) is 70.0 Å². The van der Waals surface area contributed by atoms with Gasteiger partial charge in [-0.2, -0.15) is 5.26 Å². The lowest BCUT2D eigenvalue weighted by molar-refractivity contribution is 0.0879. The third-order valence-corrected chi connectivity index (χ3v) is 3.04. The van der Waals surface area contributed by atoms with Crippen molar-refractivity contribution < 1.29 is 5.11 Å². The fourth-order valence-corrected chi connectivity index (χ4v) is 1.67. The summed E-state index contributed by atoms with van der Waals surface area (Å²) in [7, 11) is 0. The van der Waals surface area contributed by atoms with Gasteiger partial charge in [-0.3, -0.25) is 0 Å². The Balaban J connectivity index is 2.96. The fourth-order valence-electron chi connectivity index (χ4n) is 1.67. The van der Waals surface area contributed by atoms with Crippen molar-refractivity contribution in [3.8, 4) is 6.07 Å². The van der Waals surface area contributed by atoms with Crippen molar-refractivity contribution in [1.29, 1.82) is 5.26 Å². The van der Waals surface area contributed by atoms with Gasteiger partial charge in [0.2, 0.25) is 0 Å². The van der Waals surface area contributed by atoms with Crippen molar-refractivity contribution in [2.45, 2.75) is 32.4 Å². The molecule has 0 bridgehead atoms. The van der Waals surface area contributed by atoms with Crippen LogP contribution in [-0.4, -0.2) is 11.2 Å². The van der Waals surface area contributed by atoms with Crippen LogP contribution < -0.4 is 5.73 Å². The number of aliphatic hydroxyl groups excluding tert-OH is 1. The average Bonchev–Trinajstić information content (AvgIpc) is 2.35. The van der Waals surface area contributed by atoms with Crippen molar-refractivity contribution >= 4 is 0 Å². The van der Waals surface area contributed by atoms with E-state index in [0.717, 1.165) is 12.0 Å². The van der Waals surface area contributed by atoms with Gasteiger partial charge in [0.25, 0.3) is 0 Å². The zero-order valence-electron chi connectivity index (χ0n) is 9.72. The first-order valence-corrected chi connectivity index (χ1v) is 5.54. The number of nitrogens with zero attached hydrogens (tertiary/aromatic N) is 1. The van der Waals surface area contributed by atoms with E-state index in [9.17, 15) is 5.11 Å². The van der Waals surface area contributed by atoms with Crippen molar-refractivity contribution in [2.24, 2.45) is 11.7 Å². The van der Waals surface area contributed by atoms with Crippen molar-refractivity contribution in [1.82, 2.24) is 0 Å². The van der Waals surface area contributed by atoms with E-state index >= 15 is 0 Å². The maximum absolute atomic E-state index is 10.0. The summed E-state index contributed by atoms with van der Waals surface area (Å²) in [5, 5.41) is 19.0. The molecule has 3 nitrogen and oxygen atoms in total. The number of rotatable bonds is 4. The predicted octanol–water partition coefficient (Wildman–Crippen LogP) is 1.97. The molecule has 0 radical (unpaired) electrons. The van der Waals surface area contributed by atoms with E-state index in [1.807, 2.05) is 19.9 Å². The Hall–Kier alpha value is -1.37. The minimum Gasteiger partial charge on any atom is -0.391 e. The number of hydrogen-bond acceptors (Lipinski definition) is 3. The molecule has 1 rings (SSSR count). The van der Waals surface area contributed by atoms with Gasteiger partial charge in [0.15, 0.2) is 0 Å². The molecule has 0 spiro atoms. The fraction of sp³-hybridized carbons (Fsp3) is 0.462. The van der Waals surface area contributed by atoms with Crippen LogP contribution in [0, 0.1) is 17.2 Å². The third-order valence-electron chi connectivity index (χ3n) is 3.04. The van der Waals surface area contributed by atoms with Gasteiger partial charge in [0.05, 0.1) is 23.8 Å². The standard InChI is InChI=1S/C13H18N2O/c1-3-9(2)13(16)12(15)11-7-5-4-6-10(11)8-14/h4-7,9,12-13,16H,3,15H2,1-2H3/t9?,12-,13+/m0/s1. The second-order valence-electron chi connectivity index (χ2n) is 4.10. The van der Waals surface area contributed by atoms with Crippen molar-refractivity contribution in [3.05, 3.63) is 35.4 Å². The molecule has 0 saturated carbocycles. The molecule has 3 heteroatoms. The van der Waals surface area contributed by atoms with E-state index in [-0.39, 0.29) is 5.92 Å². The smallest absolute Gasteiger partial charge is 0.0995 e. The molecule has 3 N–H and O–H groups in total. The molecule has 0 aliphatic heterocycles. The second kappa shape index (κ2) is 5.64. The highest BCUT2D eigenvalue weighted by Gasteiger charge is 2.23. The molecule has 16 heavy (non-hydrogen) atoms. The molecule has 0 aliphatic rings. The van der Waals surface area contributed by atoms with E-state index in [0.29, 0.717) is 5.56 Å². The molecule has 0 amide bonds. The zero-order valence-corrected chi connectivity index (χ0v) is 9.72. The van der Waals surface area contributed by atoms with Crippen LogP contribution in [0.2, 0.25) is 0 Å². The first kappa shape index (κ1) is 12.7. The quantitative estimate of drug-likeness (QED) is 0.811. The Morgan fingerprint density at radius 1 is 1.44 bits per heavy atom. The molecule has 0 heterocycles. The molecule has 0 fully saturated rings. The molecule has 0 saturated heterocycles. The maximum Gasteiger partial charge on any atom is 0.0995 e. The maximum atomic E-state index is 10.0. The SMILES string of the molecule is CCC(C)[C@@H](O)[C@@H](N)c1ccccc1C#N. The number of aliphatic hydroxyl groups is 1. The average molecular weight is 218 g/mol. The largest absolute Gasteiger partial charge is 0.391 e. The van der Waals surface area contributed by atoms with Gasteiger partial charge in [-0.25, -0.2) is 0 Å². The van der Waals surface area contributed by atoms with Gasteiger partial charge in [-0.1, -0.05) is 38.5 Å². The second-order valence-corrected chi connectivity index (χ2v) is 4.10. The normalized spacial score (nSPS) is 16.2. The Morgan fingerprint density at radius 3 is 2.62 bits per heavy atom. The molecule has 3 atom stereocenters. The predicted molar refractivity (Wildman–Crippen MR) is 63.5 cm³/mol. The number of benzene rings is 1. The Labute approximate surface area is 96.5 Å². The molecular weight excluding hydrogens is 200 g/mol. The van der Waals surface area contributed by atoms with E-state index < -0.39 is 12.1 Å². The zero-order chi connectivity index (χ0) is 12.1. The van der Waals surface area contributed by atoms with Crippen LogP contribution in [0.4, 0.5) is 0 Å². The highest BCUT2D eigenvalue weighted by Crippen LogP contribution is 2.23. The number of nitriles is 1. The lowest BCUT2D eigenvalue weighted by atomic mass is 9.89. The Kier molecular flexibility index (Phi) is 4.48. The summed E-state index contributed by atoms with van der Waals surface area (Å²) >= 11 is 0. The molecule has 86 valence electrons. The van der Waals surface area contributed by atoms with E-state index in [1.165, 1.54) is 0 Å². The lowest BCUT2D eigenvalue weighted by Crippen LogP contribution is -2.32.